The average Bonchev–Trinajstić information content (AvgIpc) is 2.74. The number of likely N-dealkylation sites (N-methyl/N-ethyl adjacent to an activating group) is 2. The number of hydrogen-bond acceptors (Lipinski definition) is 4. The second kappa shape index (κ2) is 12.7. The van der Waals surface area contributed by atoms with Gasteiger partial charge >= 0.3 is 0 Å². The molecule has 2 unspecified atom stereocenters. The maximum absolute atomic E-state index is 12.8. The Bertz CT molecular complexity index is 833. The van der Waals surface area contributed by atoms with Crippen molar-refractivity contribution in [3.05, 3.63) is 65.7 Å². The van der Waals surface area contributed by atoms with Gasteiger partial charge in [0.15, 0.2) is 0 Å². The summed E-state index contributed by atoms with van der Waals surface area (Å²) in [5, 5.41) is 2.83. The van der Waals surface area contributed by atoms with Crippen LogP contribution in [-0.4, -0.2) is 60.9 Å². The molecule has 1 heterocycles. The Kier molecular flexibility index (Phi) is 11.0. The minimum absolute atomic E-state index is 0. The fourth-order valence-electron chi connectivity index (χ4n) is 3.72. The second-order valence-corrected chi connectivity index (χ2v) is 7.84. The van der Waals surface area contributed by atoms with Crippen LogP contribution < -0.4 is 11.1 Å². The van der Waals surface area contributed by atoms with Crippen molar-refractivity contribution in [3.8, 4) is 0 Å². The molecule has 0 spiro atoms. The van der Waals surface area contributed by atoms with Crippen LogP contribution in [0.15, 0.2) is 54.6 Å². The molecule has 3 rings (SSSR count). The molecule has 2 aromatic carbocycles. The summed E-state index contributed by atoms with van der Waals surface area (Å²) >= 11 is 0. The number of hydrogen-bond donors (Lipinski definition) is 2. The van der Waals surface area contributed by atoms with Crippen LogP contribution in [0.5, 0.6) is 0 Å². The number of likely N-dealkylation sites (tertiary alicyclic amines) is 1. The summed E-state index contributed by atoms with van der Waals surface area (Å²) in [5.41, 5.74) is 8.31. The summed E-state index contributed by atoms with van der Waals surface area (Å²) in [7, 11) is 3.95. The van der Waals surface area contributed by atoms with Crippen LogP contribution in [0.3, 0.4) is 0 Å². The lowest BCUT2D eigenvalue weighted by atomic mass is 10.0. The SMILES string of the molecule is CN1CCCC(N(C)C(=O)c2ccc(NC(=O)C(N)Cc3ccccc3)cc2)C1.Cl.Cl. The molecule has 170 valence electrons. The lowest BCUT2D eigenvalue weighted by Gasteiger charge is -2.35. The van der Waals surface area contributed by atoms with E-state index in [1.165, 1.54) is 0 Å². The molecular weight excluding hydrogens is 435 g/mol. The quantitative estimate of drug-likeness (QED) is 0.684. The van der Waals surface area contributed by atoms with Gasteiger partial charge in [0.25, 0.3) is 5.91 Å². The molecule has 0 bridgehead atoms. The molecule has 31 heavy (non-hydrogen) atoms. The molecule has 0 aromatic heterocycles. The van der Waals surface area contributed by atoms with Crippen molar-refractivity contribution in [1.82, 2.24) is 9.80 Å². The highest BCUT2D eigenvalue weighted by Gasteiger charge is 2.25. The Hall–Kier alpha value is -2.12. The van der Waals surface area contributed by atoms with E-state index in [9.17, 15) is 9.59 Å². The van der Waals surface area contributed by atoms with Gasteiger partial charge < -0.3 is 20.9 Å². The fraction of sp³-hybridized carbons (Fsp3) is 0.391. The van der Waals surface area contributed by atoms with Gasteiger partial charge in [-0.3, -0.25) is 9.59 Å². The summed E-state index contributed by atoms with van der Waals surface area (Å²) in [6, 6.07) is 16.3. The number of anilines is 1. The van der Waals surface area contributed by atoms with Gasteiger partial charge in [-0.15, -0.1) is 24.8 Å². The highest BCUT2D eigenvalue weighted by Crippen LogP contribution is 2.17. The van der Waals surface area contributed by atoms with Crippen LogP contribution >= 0.6 is 24.8 Å². The van der Waals surface area contributed by atoms with E-state index < -0.39 is 6.04 Å². The van der Waals surface area contributed by atoms with E-state index in [1.54, 1.807) is 24.3 Å². The van der Waals surface area contributed by atoms with Crippen LogP contribution in [0.2, 0.25) is 0 Å². The molecule has 0 radical (unpaired) electrons. The van der Waals surface area contributed by atoms with Gasteiger partial charge in [0, 0.05) is 30.9 Å². The van der Waals surface area contributed by atoms with Crippen molar-refractivity contribution in [2.75, 3.05) is 32.5 Å². The summed E-state index contributed by atoms with van der Waals surface area (Å²) in [5.74, 6) is -0.237. The number of halogens is 2. The third-order valence-electron chi connectivity index (χ3n) is 5.50. The van der Waals surface area contributed by atoms with Crippen molar-refractivity contribution in [3.63, 3.8) is 0 Å². The molecule has 1 saturated heterocycles. The fourth-order valence-corrected chi connectivity index (χ4v) is 3.72. The Morgan fingerprint density at radius 2 is 1.77 bits per heavy atom. The molecule has 2 amide bonds. The van der Waals surface area contributed by atoms with E-state index in [2.05, 4.69) is 17.3 Å². The zero-order chi connectivity index (χ0) is 20.8. The first-order valence-corrected chi connectivity index (χ1v) is 10.1. The predicted molar refractivity (Wildman–Crippen MR) is 130 cm³/mol. The number of nitrogens with one attached hydrogen (secondary N) is 1. The maximum Gasteiger partial charge on any atom is 0.253 e. The summed E-state index contributed by atoms with van der Waals surface area (Å²) < 4.78 is 0. The van der Waals surface area contributed by atoms with E-state index in [0.29, 0.717) is 17.7 Å². The summed E-state index contributed by atoms with van der Waals surface area (Å²) in [6.45, 7) is 1.98. The number of carbonyl (C=O) groups excluding carboxylic acids is 2. The first-order valence-electron chi connectivity index (χ1n) is 10.1. The molecule has 0 aliphatic carbocycles. The van der Waals surface area contributed by atoms with E-state index in [1.807, 2.05) is 42.3 Å². The Morgan fingerprint density at radius 1 is 1.13 bits per heavy atom. The van der Waals surface area contributed by atoms with E-state index >= 15 is 0 Å². The lowest BCUT2D eigenvalue weighted by Crippen LogP contribution is -2.47. The molecule has 3 N–H and O–H groups in total. The zero-order valence-corrected chi connectivity index (χ0v) is 19.6. The van der Waals surface area contributed by atoms with Crippen molar-refractivity contribution in [1.29, 1.82) is 0 Å². The van der Waals surface area contributed by atoms with Gasteiger partial charge in [0.05, 0.1) is 6.04 Å². The molecule has 1 aliphatic rings. The van der Waals surface area contributed by atoms with Gasteiger partial charge in [-0.25, -0.2) is 0 Å². The first kappa shape index (κ1) is 26.9. The first-order chi connectivity index (χ1) is 13.9. The third-order valence-corrected chi connectivity index (χ3v) is 5.50. The number of nitrogens with two attached hydrogens (primary N) is 1. The smallest absolute Gasteiger partial charge is 0.253 e. The van der Waals surface area contributed by atoms with Gasteiger partial charge in [0.2, 0.25) is 5.91 Å². The Balaban J connectivity index is 0.00000240. The molecule has 2 atom stereocenters. The standard InChI is InChI=1S/C23H30N4O2.2ClH/c1-26-14-6-9-20(16-26)27(2)23(29)18-10-12-19(13-11-18)25-22(28)21(24)15-17-7-4-3-5-8-17;;/h3-5,7-8,10-13,20-21H,6,9,14-16,24H2,1-2H3,(H,25,28);2*1H. The number of rotatable bonds is 6. The second-order valence-electron chi connectivity index (χ2n) is 7.84. The van der Waals surface area contributed by atoms with Crippen LogP contribution in [0, 0.1) is 0 Å². The van der Waals surface area contributed by atoms with Crippen LogP contribution in [0.1, 0.15) is 28.8 Å². The number of benzene rings is 2. The Labute approximate surface area is 197 Å². The van der Waals surface area contributed by atoms with E-state index in [0.717, 1.165) is 31.5 Å². The number of carbonyl (C=O) groups is 2. The monoisotopic (exact) mass is 466 g/mol. The minimum atomic E-state index is -0.631. The summed E-state index contributed by atoms with van der Waals surface area (Å²) in [4.78, 5) is 29.3. The Morgan fingerprint density at radius 3 is 2.39 bits per heavy atom. The number of nitrogens with zero attached hydrogens (tertiary/aromatic N) is 2. The largest absolute Gasteiger partial charge is 0.337 e. The summed E-state index contributed by atoms with van der Waals surface area (Å²) in [6.07, 6.45) is 2.61. The van der Waals surface area contributed by atoms with Crippen LogP contribution in [-0.2, 0) is 11.2 Å². The third kappa shape index (κ3) is 7.51. The maximum atomic E-state index is 12.8. The molecule has 1 fully saturated rings. The van der Waals surface area contributed by atoms with E-state index in [4.69, 9.17) is 5.73 Å². The zero-order valence-electron chi connectivity index (χ0n) is 18.0. The molecule has 0 saturated carbocycles. The highest BCUT2D eigenvalue weighted by atomic mass is 35.5. The van der Waals surface area contributed by atoms with Crippen LogP contribution in [0.25, 0.3) is 0 Å². The van der Waals surface area contributed by atoms with Crippen molar-refractivity contribution < 1.29 is 9.59 Å². The van der Waals surface area contributed by atoms with Gasteiger partial charge in [0.1, 0.15) is 0 Å². The van der Waals surface area contributed by atoms with Gasteiger partial charge in [-0.05, 0) is 62.7 Å². The van der Waals surface area contributed by atoms with Crippen molar-refractivity contribution in [2.24, 2.45) is 5.73 Å². The average molecular weight is 467 g/mol. The predicted octanol–water partition coefficient (Wildman–Crippen LogP) is 3.20. The normalized spacial score (nSPS) is 16.9. The number of amides is 2. The van der Waals surface area contributed by atoms with Crippen molar-refractivity contribution >= 4 is 42.3 Å². The molecule has 6 nitrogen and oxygen atoms in total. The lowest BCUT2D eigenvalue weighted by molar-refractivity contribution is -0.117. The van der Waals surface area contributed by atoms with Crippen molar-refractivity contribution in [2.45, 2.75) is 31.3 Å². The van der Waals surface area contributed by atoms with Gasteiger partial charge in [-0.1, -0.05) is 30.3 Å². The van der Waals surface area contributed by atoms with Crippen LogP contribution in [0.4, 0.5) is 5.69 Å². The van der Waals surface area contributed by atoms with E-state index in [-0.39, 0.29) is 42.7 Å². The molecule has 1 aliphatic heterocycles. The van der Waals surface area contributed by atoms with Gasteiger partial charge in [-0.2, -0.15) is 0 Å². The molecular formula is C23H32Cl2N4O2. The highest BCUT2D eigenvalue weighted by molar-refractivity contribution is 5.97. The molecule has 2 aromatic rings. The molecule has 8 heteroatoms. The topological polar surface area (TPSA) is 78.7 Å². The minimum Gasteiger partial charge on any atom is -0.337 e. The number of piperidine rings is 1.